The van der Waals surface area contributed by atoms with Crippen molar-refractivity contribution < 1.29 is 4.79 Å². The second-order valence-corrected chi connectivity index (χ2v) is 5.16. The van der Waals surface area contributed by atoms with E-state index in [0.29, 0.717) is 18.5 Å². The van der Waals surface area contributed by atoms with E-state index in [9.17, 15) is 10.1 Å². The molecule has 2 rings (SSSR count). The van der Waals surface area contributed by atoms with Gasteiger partial charge in [-0.1, -0.05) is 12.8 Å². The lowest BCUT2D eigenvalue weighted by Gasteiger charge is -2.18. The summed E-state index contributed by atoms with van der Waals surface area (Å²) in [5.41, 5.74) is -0.171. The third-order valence-electron chi connectivity index (χ3n) is 3.49. The second-order valence-electron chi connectivity index (χ2n) is 5.16. The highest BCUT2D eigenvalue weighted by Crippen LogP contribution is 2.38. The summed E-state index contributed by atoms with van der Waals surface area (Å²) >= 11 is 0. The average molecular weight is 246 g/mol. The molecule has 1 heterocycles. The van der Waals surface area contributed by atoms with E-state index in [1.54, 1.807) is 17.1 Å². The summed E-state index contributed by atoms with van der Waals surface area (Å²) in [4.78, 5) is 12.2. The summed E-state index contributed by atoms with van der Waals surface area (Å²) in [6, 6.07) is 2.44. The van der Waals surface area contributed by atoms with Crippen LogP contribution in [-0.4, -0.2) is 15.7 Å². The predicted octanol–water partition coefficient (Wildman–Crippen LogP) is 2.49. The summed E-state index contributed by atoms with van der Waals surface area (Å²) in [6.45, 7) is 4.04. The molecular formula is C13H18N4O. The third-order valence-corrected chi connectivity index (χ3v) is 3.49. The number of nitriles is 1. The number of nitrogens with zero attached hydrogens (tertiary/aromatic N) is 3. The minimum atomic E-state index is -0.833. The molecule has 96 valence electrons. The minimum Gasteiger partial charge on any atom is -0.322 e. The van der Waals surface area contributed by atoms with Gasteiger partial charge >= 0.3 is 0 Å². The first kappa shape index (κ1) is 12.6. The molecule has 0 aromatic carbocycles. The molecule has 1 amide bonds. The normalized spacial score (nSPS) is 17.7. The number of carbonyl (C=O) groups is 1. The van der Waals surface area contributed by atoms with Crippen molar-refractivity contribution in [3.8, 4) is 6.07 Å². The van der Waals surface area contributed by atoms with Crippen molar-refractivity contribution in [1.29, 1.82) is 5.26 Å². The molecule has 0 atom stereocenters. The first-order valence-corrected chi connectivity index (χ1v) is 6.34. The maximum Gasteiger partial charge on any atom is 0.244 e. The summed E-state index contributed by atoms with van der Waals surface area (Å²) in [7, 11) is 0. The van der Waals surface area contributed by atoms with Crippen molar-refractivity contribution in [1.82, 2.24) is 9.78 Å². The fraction of sp³-hybridized carbons (Fsp3) is 0.615. The van der Waals surface area contributed by atoms with Gasteiger partial charge in [-0.15, -0.1) is 0 Å². The lowest BCUT2D eigenvalue weighted by atomic mass is 9.87. The molecule has 5 heteroatoms. The summed E-state index contributed by atoms with van der Waals surface area (Å²) in [5, 5.41) is 16.2. The van der Waals surface area contributed by atoms with Crippen LogP contribution >= 0.6 is 0 Å². The Kier molecular flexibility index (Phi) is 3.37. The molecule has 0 spiro atoms. The van der Waals surface area contributed by atoms with Crippen LogP contribution in [0.25, 0.3) is 0 Å². The molecule has 0 unspecified atom stereocenters. The average Bonchev–Trinajstić information content (AvgIpc) is 2.97. The lowest BCUT2D eigenvalue weighted by molar-refractivity contribution is -0.122. The van der Waals surface area contributed by atoms with E-state index in [2.05, 4.69) is 16.5 Å². The van der Waals surface area contributed by atoms with E-state index >= 15 is 0 Å². The van der Waals surface area contributed by atoms with Crippen LogP contribution in [0, 0.1) is 16.7 Å². The van der Waals surface area contributed by atoms with E-state index in [4.69, 9.17) is 0 Å². The van der Waals surface area contributed by atoms with Crippen LogP contribution in [0.5, 0.6) is 0 Å². The van der Waals surface area contributed by atoms with Gasteiger partial charge in [-0.3, -0.25) is 9.48 Å². The fourth-order valence-corrected chi connectivity index (χ4v) is 2.30. The zero-order valence-corrected chi connectivity index (χ0v) is 10.8. The van der Waals surface area contributed by atoms with Crippen LogP contribution in [0.1, 0.15) is 45.6 Å². The molecule has 0 bridgehead atoms. The number of rotatable bonds is 3. The Morgan fingerprint density at radius 1 is 1.56 bits per heavy atom. The number of aromatic nitrogens is 2. The van der Waals surface area contributed by atoms with Crippen LogP contribution in [-0.2, 0) is 4.79 Å². The first-order valence-electron chi connectivity index (χ1n) is 6.34. The highest BCUT2D eigenvalue weighted by molar-refractivity contribution is 5.97. The van der Waals surface area contributed by atoms with Crippen molar-refractivity contribution in [3.63, 3.8) is 0 Å². The second kappa shape index (κ2) is 4.81. The number of carbonyl (C=O) groups excluding carboxylic acids is 1. The standard InChI is InChI=1S/C13H18N4O/c1-10(2)17-8-11(7-15-17)16-12(18)13(9-14)5-3-4-6-13/h7-8,10H,3-6H2,1-2H3,(H,16,18). The van der Waals surface area contributed by atoms with Gasteiger partial charge in [0.05, 0.1) is 18.0 Å². The van der Waals surface area contributed by atoms with E-state index < -0.39 is 5.41 Å². The van der Waals surface area contributed by atoms with E-state index in [1.165, 1.54) is 0 Å². The molecule has 1 fully saturated rings. The topological polar surface area (TPSA) is 70.7 Å². The molecule has 0 saturated heterocycles. The molecule has 0 aliphatic heterocycles. The van der Waals surface area contributed by atoms with Crippen LogP contribution < -0.4 is 5.32 Å². The van der Waals surface area contributed by atoms with Crippen molar-refractivity contribution in [2.75, 3.05) is 5.32 Å². The van der Waals surface area contributed by atoms with Gasteiger partial charge in [-0.05, 0) is 26.7 Å². The minimum absolute atomic E-state index is 0.189. The molecule has 0 radical (unpaired) electrons. The fourth-order valence-electron chi connectivity index (χ4n) is 2.30. The third kappa shape index (κ3) is 2.23. The number of nitrogens with one attached hydrogen (secondary N) is 1. The largest absolute Gasteiger partial charge is 0.322 e. The van der Waals surface area contributed by atoms with Crippen LogP contribution in [0.2, 0.25) is 0 Å². The maximum atomic E-state index is 12.2. The van der Waals surface area contributed by atoms with Crippen molar-refractivity contribution in [2.24, 2.45) is 5.41 Å². The van der Waals surface area contributed by atoms with Crippen molar-refractivity contribution in [2.45, 2.75) is 45.6 Å². The number of anilines is 1. The van der Waals surface area contributed by atoms with Crippen molar-refractivity contribution in [3.05, 3.63) is 12.4 Å². The van der Waals surface area contributed by atoms with E-state index in [1.807, 2.05) is 13.8 Å². The Morgan fingerprint density at radius 2 is 2.22 bits per heavy atom. The smallest absolute Gasteiger partial charge is 0.244 e. The highest BCUT2D eigenvalue weighted by atomic mass is 16.2. The molecule has 1 N–H and O–H groups in total. The summed E-state index contributed by atoms with van der Waals surface area (Å²) in [6.07, 6.45) is 6.64. The Labute approximate surface area is 107 Å². The molecule has 1 aromatic rings. The zero-order valence-electron chi connectivity index (χ0n) is 10.8. The summed E-state index contributed by atoms with van der Waals surface area (Å²) in [5.74, 6) is -0.189. The molecule has 5 nitrogen and oxygen atoms in total. The lowest BCUT2D eigenvalue weighted by Crippen LogP contribution is -2.32. The zero-order chi connectivity index (χ0) is 13.2. The quantitative estimate of drug-likeness (QED) is 0.890. The monoisotopic (exact) mass is 246 g/mol. The van der Waals surface area contributed by atoms with E-state index in [-0.39, 0.29) is 11.9 Å². The Morgan fingerprint density at radius 3 is 2.72 bits per heavy atom. The SMILES string of the molecule is CC(C)n1cc(NC(=O)C2(C#N)CCCC2)cn1. The van der Waals surface area contributed by atoms with Gasteiger partial charge in [0.2, 0.25) is 5.91 Å². The maximum absolute atomic E-state index is 12.2. The van der Waals surface area contributed by atoms with Gasteiger partial charge in [0.1, 0.15) is 5.41 Å². The van der Waals surface area contributed by atoms with Crippen LogP contribution in [0.15, 0.2) is 12.4 Å². The predicted molar refractivity (Wildman–Crippen MR) is 67.8 cm³/mol. The Balaban J connectivity index is 2.09. The Bertz CT molecular complexity index is 477. The van der Waals surface area contributed by atoms with Crippen molar-refractivity contribution >= 4 is 11.6 Å². The van der Waals surface area contributed by atoms with Gasteiger partial charge in [-0.2, -0.15) is 10.4 Å². The van der Waals surface area contributed by atoms with E-state index in [0.717, 1.165) is 12.8 Å². The molecule has 1 aromatic heterocycles. The van der Waals surface area contributed by atoms with Gasteiger partial charge in [0.25, 0.3) is 0 Å². The molecular weight excluding hydrogens is 228 g/mol. The van der Waals surface area contributed by atoms with Crippen LogP contribution in [0.3, 0.4) is 0 Å². The highest BCUT2D eigenvalue weighted by Gasteiger charge is 2.41. The molecule has 1 saturated carbocycles. The molecule has 18 heavy (non-hydrogen) atoms. The van der Waals surface area contributed by atoms with Crippen LogP contribution in [0.4, 0.5) is 5.69 Å². The van der Waals surface area contributed by atoms with Gasteiger partial charge in [0, 0.05) is 12.2 Å². The first-order chi connectivity index (χ1) is 8.57. The van der Waals surface area contributed by atoms with Gasteiger partial charge in [-0.25, -0.2) is 0 Å². The summed E-state index contributed by atoms with van der Waals surface area (Å²) < 4.78 is 1.78. The molecule has 1 aliphatic carbocycles. The van der Waals surface area contributed by atoms with Gasteiger partial charge < -0.3 is 5.32 Å². The number of hydrogen-bond acceptors (Lipinski definition) is 3. The number of hydrogen-bond donors (Lipinski definition) is 1. The Hall–Kier alpha value is -1.83. The molecule has 1 aliphatic rings. The number of amides is 1. The van der Waals surface area contributed by atoms with Gasteiger partial charge in [0.15, 0.2) is 0 Å².